The molecule has 10 heteroatoms. The summed E-state index contributed by atoms with van der Waals surface area (Å²) < 4.78 is 11.3. The van der Waals surface area contributed by atoms with Crippen LogP contribution in [-0.2, 0) is 0 Å². The molecule has 10 nitrogen and oxygen atoms in total. The van der Waals surface area contributed by atoms with Crippen LogP contribution in [0.25, 0.3) is 22.8 Å². The van der Waals surface area contributed by atoms with Gasteiger partial charge in [-0.05, 0) is 54.1 Å². The highest BCUT2D eigenvalue weighted by Gasteiger charge is 2.25. The number of hydrazine groups is 1. The first kappa shape index (κ1) is 29.3. The highest BCUT2D eigenvalue weighted by atomic mass is 16.5. The van der Waals surface area contributed by atoms with Crippen LogP contribution in [-0.4, -0.2) is 45.0 Å². The largest absolute Gasteiger partial charge is 0.423 e. The van der Waals surface area contributed by atoms with Crippen molar-refractivity contribution in [2.45, 2.75) is 6.17 Å². The van der Waals surface area contributed by atoms with Gasteiger partial charge in [-0.15, -0.1) is 0 Å². The number of hydrogen-bond donors (Lipinski definition) is 2. The van der Waals surface area contributed by atoms with Gasteiger partial charge in [0.15, 0.2) is 11.6 Å². The Morgan fingerprint density at radius 3 is 1.85 bits per heavy atom. The van der Waals surface area contributed by atoms with E-state index < -0.39 is 11.9 Å². The monoisotopic (exact) mass is 620 g/mol. The van der Waals surface area contributed by atoms with Gasteiger partial charge in [0.1, 0.15) is 23.5 Å². The van der Waals surface area contributed by atoms with Crippen LogP contribution in [0.2, 0.25) is 0 Å². The Balaban J connectivity index is 0.989. The summed E-state index contributed by atoms with van der Waals surface area (Å²) in [5.41, 5.74) is 7.28. The van der Waals surface area contributed by atoms with E-state index in [1.165, 1.54) is 24.3 Å². The SMILES string of the molecule is CN1NC(c2cccc(OC(=O)c3ccc(C(=O)Oc4cccc(-c5nc(-c6ccccc6)n[nH]5)c4)cc3)c2)=NC1c1ccccc1. The van der Waals surface area contributed by atoms with Crippen molar-refractivity contribution in [3.8, 4) is 34.3 Å². The fourth-order valence-electron chi connectivity index (χ4n) is 5.12. The summed E-state index contributed by atoms with van der Waals surface area (Å²) in [6, 6.07) is 39.9. The number of hydrogen-bond acceptors (Lipinski definition) is 9. The topological polar surface area (TPSA) is 122 Å². The van der Waals surface area contributed by atoms with Crippen LogP contribution in [0.5, 0.6) is 11.5 Å². The highest BCUT2D eigenvalue weighted by Crippen LogP contribution is 2.27. The van der Waals surface area contributed by atoms with Gasteiger partial charge in [-0.25, -0.2) is 19.6 Å². The minimum atomic E-state index is -0.569. The first-order chi connectivity index (χ1) is 23.0. The number of carbonyl (C=O) groups excluding carboxylic acids is 2. The van der Waals surface area contributed by atoms with E-state index in [1.807, 2.05) is 84.9 Å². The number of amidine groups is 1. The molecule has 0 saturated carbocycles. The number of benzene rings is 5. The minimum Gasteiger partial charge on any atom is -0.423 e. The molecule has 0 radical (unpaired) electrons. The van der Waals surface area contributed by atoms with Gasteiger partial charge in [-0.1, -0.05) is 84.9 Å². The predicted octanol–water partition coefficient (Wildman–Crippen LogP) is 6.47. The van der Waals surface area contributed by atoms with E-state index in [0.29, 0.717) is 34.5 Å². The van der Waals surface area contributed by atoms with E-state index in [4.69, 9.17) is 14.5 Å². The summed E-state index contributed by atoms with van der Waals surface area (Å²) in [7, 11) is 1.93. The Bertz CT molecular complexity index is 2080. The van der Waals surface area contributed by atoms with E-state index in [-0.39, 0.29) is 17.3 Å². The molecule has 2 heterocycles. The van der Waals surface area contributed by atoms with Crippen molar-refractivity contribution in [3.05, 3.63) is 156 Å². The Morgan fingerprint density at radius 1 is 0.660 bits per heavy atom. The fourth-order valence-corrected chi connectivity index (χ4v) is 5.12. The van der Waals surface area contributed by atoms with Gasteiger partial charge < -0.3 is 14.9 Å². The summed E-state index contributed by atoms with van der Waals surface area (Å²) in [6.07, 6.45) is -0.173. The molecule has 5 aromatic carbocycles. The molecule has 6 aromatic rings. The third-order valence-electron chi connectivity index (χ3n) is 7.51. The smallest absolute Gasteiger partial charge is 0.343 e. The molecular formula is C37H28N6O4. The summed E-state index contributed by atoms with van der Waals surface area (Å²) in [4.78, 5) is 35.3. The van der Waals surface area contributed by atoms with Gasteiger partial charge >= 0.3 is 11.9 Å². The summed E-state index contributed by atoms with van der Waals surface area (Å²) in [5.74, 6) is 1.37. The minimum absolute atomic E-state index is 0.173. The Labute approximate surface area is 270 Å². The van der Waals surface area contributed by atoms with E-state index in [1.54, 1.807) is 36.4 Å². The lowest BCUT2D eigenvalue weighted by Crippen LogP contribution is -2.34. The molecule has 1 aromatic heterocycles. The molecule has 0 spiro atoms. The molecule has 1 aliphatic heterocycles. The number of aromatic nitrogens is 3. The highest BCUT2D eigenvalue weighted by molar-refractivity contribution is 6.00. The van der Waals surface area contributed by atoms with Gasteiger partial charge in [0.05, 0.1) is 11.1 Å². The van der Waals surface area contributed by atoms with Gasteiger partial charge in [0, 0.05) is 23.7 Å². The Morgan fingerprint density at radius 2 is 1.21 bits per heavy atom. The maximum absolute atomic E-state index is 13.0. The van der Waals surface area contributed by atoms with Gasteiger partial charge in [-0.2, -0.15) is 10.1 Å². The van der Waals surface area contributed by atoms with E-state index in [2.05, 4.69) is 20.6 Å². The van der Waals surface area contributed by atoms with Gasteiger partial charge in [0.2, 0.25) is 0 Å². The first-order valence-electron chi connectivity index (χ1n) is 14.9. The van der Waals surface area contributed by atoms with E-state index >= 15 is 0 Å². The second-order valence-corrected chi connectivity index (χ2v) is 10.8. The molecule has 0 bridgehead atoms. The number of rotatable bonds is 8. The van der Waals surface area contributed by atoms with Crippen molar-refractivity contribution in [2.24, 2.45) is 4.99 Å². The average molecular weight is 621 g/mol. The number of carbonyl (C=O) groups is 2. The van der Waals surface area contributed by atoms with Crippen LogP contribution < -0.4 is 14.9 Å². The summed E-state index contributed by atoms with van der Waals surface area (Å²) in [5, 5.41) is 9.16. The van der Waals surface area contributed by atoms with Crippen LogP contribution >= 0.6 is 0 Å². The number of nitrogens with zero attached hydrogens (tertiary/aromatic N) is 4. The van der Waals surface area contributed by atoms with Crippen LogP contribution in [0, 0.1) is 0 Å². The number of H-pyrrole nitrogens is 1. The second-order valence-electron chi connectivity index (χ2n) is 10.8. The number of esters is 2. The second kappa shape index (κ2) is 12.9. The lowest BCUT2D eigenvalue weighted by Gasteiger charge is -2.17. The van der Waals surface area contributed by atoms with Crippen molar-refractivity contribution in [2.75, 3.05) is 7.05 Å². The third kappa shape index (κ3) is 6.53. The number of ether oxygens (including phenoxy) is 2. The zero-order valence-electron chi connectivity index (χ0n) is 25.2. The number of nitrogens with one attached hydrogen (secondary N) is 2. The molecule has 1 unspecified atom stereocenters. The van der Waals surface area contributed by atoms with Crippen molar-refractivity contribution in [3.63, 3.8) is 0 Å². The quantitative estimate of drug-likeness (QED) is 0.147. The van der Waals surface area contributed by atoms with Gasteiger partial charge in [0.25, 0.3) is 0 Å². The van der Waals surface area contributed by atoms with Crippen LogP contribution in [0.4, 0.5) is 0 Å². The van der Waals surface area contributed by atoms with E-state index in [9.17, 15) is 9.59 Å². The average Bonchev–Trinajstić information content (AvgIpc) is 3.77. The normalized spacial score (nSPS) is 14.2. The fraction of sp³-hybridized carbons (Fsp3) is 0.0541. The first-order valence-corrected chi connectivity index (χ1v) is 14.9. The van der Waals surface area contributed by atoms with Crippen molar-refractivity contribution >= 4 is 17.8 Å². The molecule has 7 rings (SSSR count). The molecule has 230 valence electrons. The molecule has 1 aliphatic rings. The lowest BCUT2D eigenvalue weighted by molar-refractivity contribution is 0.0720. The molecule has 0 aliphatic carbocycles. The van der Waals surface area contributed by atoms with Crippen LogP contribution in [0.15, 0.2) is 138 Å². The lowest BCUT2D eigenvalue weighted by atomic mass is 10.1. The molecule has 1 atom stereocenters. The zero-order chi connectivity index (χ0) is 32.2. The Kier molecular flexibility index (Phi) is 8.06. The van der Waals surface area contributed by atoms with E-state index in [0.717, 1.165) is 16.7 Å². The summed E-state index contributed by atoms with van der Waals surface area (Å²) >= 11 is 0. The molecule has 0 amide bonds. The number of aliphatic imine (C=N–C) groups is 1. The predicted molar refractivity (Wildman–Crippen MR) is 177 cm³/mol. The molecule has 2 N–H and O–H groups in total. The maximum Gasteiger partial charge on any atom is 0.343 e. The number of aromatic amines is 1. The molecule has 47 heavy (non-hydrogen) atoms. The third-order valence-corrected chi connectivity index (χ3v) is 7.51. The molecular weight excluding hydrogens is 592 g/mol. The van der Waals surface area contributed by atoms with Crippen LogP contribution in [0.3, 0.4) is 0 Å². The summed E-state index contributed by atoms with van der Waals surface area (Å²) in [6.45, 7) is 0. The zero-order valence-corrected chi connectivity index (χ0v) is 25.2. The standard InChI is InChI=1S/C37H28N6O4/c1-43-35(25-12-6-3-7-13-25)39-34(42-43)29-15-9-17-31(23-29)47-37(45)27-20-18-26(19-21-27)36(44)46-30-16-8-14-28(22-30)33-38-32(40-41-33)24-10-4-2-5-11-24/h2-23,35H,1H3,(H,39,42)(H,38,40,41). The Hall–Kier alpha value is -6.39. The van der Waals surface area contributed by atoms with Gasteiger partial charge in [-0.3, -0.25) is 5.10 Å². The van der Waals surface area contributed by atoms with Crippen molar-refractivity contribution in [1.82, 2.24) is 25.6 Å². The molecule has 0 fully saturated rings. The molecule has 0 saturated heterocycles. The van der Waals surface area contributed by atoms with Crippen molar-refractivity contribution < 1.29 is 19.1 Å². The van der Waals surface area contributed by atoms with Crippen molar-refractivity contribution in [1.29, 1.82) is 0 Å². The van der Waals surface area contributed by atoms with Crippen LogP contribution in [0.1, 0.15) is 38.0 Å². The maximum atomic E-state index is 13.0.